The molecule has 1 saturated heterocycles. The number of carboxylic acids is 1. The van der Waals surface area contributed by atoms with Gasteiger partial charge in [-0.3, -0.25) is 24.6 Å². The van der Waals surface area contributed by atoms with Gasteiger partial charge in [0.05, 0.1) is 11.4 Å². The normalized spacial score (nSPS) is 16.7. The number of carboxylic acid groups (broad SMARTS) is 1. The molecule has 5 N–H and O–H groups in total. The molecule has 3 amide bonds. The van der Waals surface area contributed by atoms with Crippen molar-refractivity contribution in [3.63, 3.8) is 0 Å². The van der Waals surface area contributed by atoms with Crippen molar-refractivity contribution in [2.24, 2.45) is 5.92 Å². The van der Waals surface area contributed by atoms with Gasteiger partial charge in [0.1, 0.15) is 18.4 Å². The summed E-state index contributed by atoms with van der Waals surface area (Å²) in [5, 5.41) is 22.3. The highest BCUT2D eigenvalue weighted by atomic mass is 19.4. The molecule has 1 fully saturated rings. The van der Waals surface area contributed by atoms with E-state index in [0.717, 1.165) is 22.2 Å². The Hall–Kier alpha value is -4.72. The summed E-state index contributed by atoms with van der Waals surface area (Å²) < 4.78 is 37.7. The van der Waals surface area contributed by atoms with E-state index in [4.69, 9.17) is 19.8 Å². The lowest BCUT2D eigenvalue weighted by Crippen LogP contribution is -2.58. The van der Waals surface area contributed by atoms with Crippen LogP contribution in [0.4, 0.5) is 13.2 Å². The van der Waals surface area contributed by atoms with Crippen LogP contribution in [0.3, 0.4) is 0 Å². The topological polar surface area (TPSA) is 167 Å². The van der Waals surface area contributed by atoms with Crippen molar-refractivity contribution in [1.29, 1.82) is 0 Å². The number of rotatable bonds is 6. The summed E-state index contributed by atoms with van der Waals surface area (Å²) in [6, 6.07) is 15.3. The second-order valence-corrected chi connectivity index (χ2v) is 8.67. The summed E-state index contributed by atoms with van der Waals surface area (Å²) in [4.78, 5) is 50.1. The number of amides is 3. The third-order valence-corrected chi connectivity index (χ3v) is 5.86. The Labute approximate surface area is 225 Å². The first-order chi connectivity index (χ1) is 18.9. The van der Waals surface area contributed by atoms with E-state index in [1.54, 1.807) is 29.7 Å². The SMILES string of the molecule is Cc1cc(COc2ccc(C(=O)N[C@@H]3C(=O)NCC[C@@H]3C(=O)NO)cc2)c2ccccc2n1.O=C(O)C(F)(F)F. The van der Waals surface area contributed by atoms with Crippen molar-refractivity contribution in [2.75, 3.05) is 6.54 Å². The fourth-order valence-corrected chi connectivity index (χ4v) is 3.94. The molecule has 2 heterocycles. The van der Waals surface area contributed by atoms with Crippen molar-refractivity contribution in [2.45, 2.75) is 32.2 Å². The number of para-hydroxylation sites is 1. The Morgan fingerprint density at radius 3 is 2.40 bits per heavy atom. The van der Waals surface area contributed by atoms with E-state index in [9.17, 15) is 27.6 Å². The number of ether oxygens (including phenoxy) is 1. The zero-order valence-electron chi connectivity index (χ0n) is 21.0. The van der Waals surface area contributed by atoms with Crippen LogP contribution in [0.1, 0.15) is 28.0 Å². The van der Waals surface area contributed by atoms with Crippen LogP contribution in [0.5, 0.6) is 5.75 Å². The molecule has 0 aliphatic carbocycles. The number of fused-ring (bicyclic) bond motifs is 1. The smallest absolute Gasteiger partial charge is 0.489 e. The van der Waals surface area contributed by atoms with Crippen LogP contribution in [-0.4, -0.2) is 57.8 Å². The van der Waals surface area contributed by atoms with Gasteiger partial charge in [-0.1, -0.05) is 18.2 Å². The highest BCUT2D eigenvalue weighted by Gasteiger charge is 2.38. The van der Waals surface area contributed by atoms with Gasteiger partial charge < -0.3 is 20.5 Å². The van der Waals surface area contributed by atoms with Crippen molar-refractivity contribution in [1.82, 2.24) is 21.1 Å². The number of carbonyl (C=O) groups is 4. The summed E-state index contributed by atoms with van der Waals surface area (Å²) in [5.74, 6) is -4.71. The Balaban J connectivity index is 0.000000559. The van der Waals surface area contributed by atoms with Crippen LogP contribution in [0.2, 0.25) is 0 Å². The molecule has 2 aromatic carbocycles. The van der Waals surface area contributed by atoms with Gasteiger partial charge in [0.15, 0.2) is 0 Å². The molecule has 1 aliphatic rings. The van der Waals surface area contributed by atoms with Gasteiger partial charge >= 0.3 is 12.1 Å². The molecule has 2 atom stereocenters. The Kier molecular flexibility index (Phi) is 9.61. The number of halogens is 3. The van der Waals surface area contributed by atoms with E-state index < -0.39 is 41.8 Å². The lowest BCUT2D eigenvalue weighted by molar-refractivity contribution is -0.192. The number of hydroxylamine groups is 1. The number of aryl methyl sites for hydroxylation is 1. The third-order valence-electron chi connectivity index (χ3n) is 5.86. The monoisotopic (exact) mass is 562 g/mol. The zero-order valence-corrected chi connectivity index (χ0v) is 21.0. The lowest BCUT2D eigenvalue weighted by atomic mass is 9.91. The van der Waals surface area contributed by atoms with Crippen LogP contribution in [-0.2, 0) is 21.0 Å². The molecule has 0 spiro atoms. The standard InChI is InChI=1S/C24H24N4O5.C2HF3O2/c1-14-12-16(18-4-2-3-5-20(18)26-14)13-33-17-8-6-15(7-9-17)22(29)27-21-19(23(30)28-32)10-11-25-24(21)31;3-2(4,5)1(6)7/h2-9,12,19,21,32H,10-11,13H2,1H3,(H,25,31)(H,27,29)(H,28,30);(H,6,7)/t19-,21-;/m0./s1. The number of benzene rings is 2. The molecule has 0 bridgehead atoms. The number of nitrogens with zero attached hydrogens (tertiary/aromatic N) is 1. The summed E-state index contributed by atoms with van der Waals surface area (Å²) in [7, 11) is 0. The maximum atomic E-state index is 12.7. The first-order valence-electron chi connectivity index (χ1n) is 11.8. The van der Waals surface area contributed by atoms with E-state index >= 15 is 0 Å². The number of pyridine rings is 1. The molecule has 4 rings (SSSR count). The Morgan fingerprint density at radius 2 is 1.77 bits per heavy atom. The third kappa shape index (κ3) is 7.66. The van der Waals surface area contributed by atoms with Crippen LogP contribution in [0.15, 0.2) is 54.6 Å². The maximum Gasteiger partial charge on any atom is 0.490 e. The minimum atomic E-state index is -5.08. The Bertz CT molecular complexity index is 1400. The van der Waals surface area contributed by atoms with E-state index in [2.05, 4.69) is 15.6 Å². The largest absolute Gasteiger partial charge is 0.490 e. The van der Waals surface area contributed by atoms with Gasteiger partial charge in [-0.2, -0.15) is 13.2 Å². The zero-order chi connectivity index (χ0) is 29.4. The van der Waals surface area contributed by atoms with Gasteiger partial charge in [0.25, 0.3) is 5.91 Å². The van der Waals surface area contributed by atoms with Crippen LogP contribution in [0.25, 0.3) is 10.9 Å². The second-order valence-electron chi connectivity index (χ2n) is 8.67. The van der Waals surface area contributed by atoms with E-state index in [0.29, 0.717) is 30.9 Å². The summed E-state index contributed by atoms with van der Waals surface area (Å²) in [6.07, 6.45) is -4.78. The number of carbonyl (C=O) groups excluding carboxylic acids is 3. The average molecular weight is 563 g/mol. The fourth-order valence-electron chi connectivity index (χ4n) is 3.94. The number of hydrogen-bond donors (Lipinski definition) is 5. The molecule has 212 valence electrons. The van der Waals surface area contributed by atoms with Crippen molar-refractivity contribution in [3.8, 4) is 5.75 Å². The molecule has 3 aromatic rings. The van der Waals surface area contributed by atoms with Crippen molar-refractivity contribution < 1.29 is 47.4 Å². The Morgan fingerprint density at radius 1 is 1.12 bits per heavy atom. The minimum absolute atomic E-state index is 0.293. The maximum absolute atomic E-state index is 12.7. The average Bonchev–Trinajstić information content (AvgIpc) is 2.92. The molecular weight excluding hydrogens is 537 g/mol. The quantitative estimate of drug-likeness (QED) is 0.226. The predicted octanol–water partition coefficient (Wildman–Crippen LogP) is 2.50. The number of piperidine rings is 1. The molecule has 11 nitrogen and oxygen atoms in total. The number of hydrogen-bond acceptors (Lipinski definition) is 7. The van der Waals surface area contributed by atoms with E-state index in [-0.39, 0.29) is 0 Å². The van der Waals surface area contributed by atoms with Gasteiger partial charge in [-0.25, -0.2) is 10.3 Å². The summed E-state index contributed by atoms with van der Waals surface area (Å²) in [5.41, 5.74) is 4.69. The van der Waals surface area contributed by atoms with Crippen LogP contribution in [0, 0.1) is 12.8 Å². The number of aliphatic carboxylic acids is 1. The molecule has 14 heteroatoms. The minimum Gasteiger partial charge on any atom is -0.489 e. The van der Waals surface area contributed by atoms with E-state index in [1.807, 2.05) is 37.3 Å². The van der Waals surface area contributed by atoms with Gasteiger partial charge in [0, 0.05) is 28.8 Å². The molecule has 40 heavy (non-hydrogen) atoms. The molecule has 0 radical (unpaired) electrons. The first kappa shape index (κ1) is 29.8. The summed E-state index contributed by atoms with van der Waals surface area (Å²) >= 11 is 0. The van der Waals surface area contributed by atoms with E-state index in [1.165, 1.54) is 0 Å². The van der Waals surface area contributed by atoms with Gasteiger partial charge in [-0.05, 0) is 49.7 Å². The highest BCUT2D eigenvalue weighted by Crippen LogP contribution is 2.21. The van der Waals surface area contributed by atoms with Crippen molar-refractivity contribution in [3.05, 3.63) is 71.4 Å². The van der Waals surface area contributed by atoms with Crippen LogP contribution < -0.4 is 20.9 Å². The second kappa shape index (κ2) is 12.9. The molecule has 1 aliphatic heterocycles. The highest BCUT2D eigenvalue weighted by molar-refractivity contribution is 5.99. The molecular formula is C26H25F3N4O7. The van der Waals surface area contributed by atoms with Gasteiger partial charge in [-0.15, -0.1) is 0 Å². The van der Waals surface area contributed by atoms with Crippen molar-refractivity contribution >= 4 is 34.6 Å². The van der Waals surface area contributed by atoms with Crippen LogP contribution >= 0.6 is 0 Å². The first-order valence-corrected chi connectivity index (χ1v) is 11.8. The number of nitrogens with one attached hydrogen (secondary N) is 3. The molecule has 0 saturated carbocycles. The van der Waals surface area contributed by atoms with Gasteiger partial charge in [0.2, 0.25) is 11.8 Å². The predicted molar refractivity (Wildman–Crippen MR) is 133 cm³/mol. The summed E-state index contributed by atoms with van der Waals surface area (Å²) in [6.45, 7) is 2.57. The lowest BCUT2D eigenvalue weighted by Gasteiger charge is -2.30. The number of aromatic nitrogens is 1. The fraction of sp³-hybridized carbons (Fsp3) is 0.269. The molecule has 0 unspecified atom stereocenters. The number of alkyl halides is 3. The molecule has 1 aromatic heterocycles.